The lowest BCUT2D eigenvalue weighted by molar-refractivity contribution is -0.402. The topological polar surface area (TPSA) is 114 Å². The zero-order chi connectivity index (χ0) is 15.6. The maximum atomic E-state index is 10.7. The molecule has 2 rings (SSSR count). The second kappa shape index (κ2) is 5.97. The van der Waals surface area contributed by atoms with Crippen molar-refractivity contribution in [3.63, 3.8) is 0 Å². The van der Waals surface area contributed by atoms with Crippen molar-refractivity contribution in [1.29, 1.82) is 0 Å². The van der Waals surface area contributed by atoms with Gasteiger partial charge in [-0.3, -0.25) is 10.1 Å². The quantitative estimate of drug-likeness (QED) is 0.507. The molecule has 0 spiro atoms. The second-order valence-corrected chi connectivity index (χ2v) is 5.02. The van der Waals surface area contributed by atoms with Crippen LogP contribution in [0, 0.1) is 10.1 Å². The van der Waals surface area contributed by atoms with Gasteiger partial charge in [0.25, 0.3) is 0 Å². The molecule has 0 saturated heterocycles. The molecule has 0 bridgehead atoms. The Morgan fingerprint density at radius 2 is 2.19 bits per heavy atom. The zero-order valence-electron chi connectivity index (χ0n) is 11.7. The Balaban J connectivity index is 2.43. The summed E-state index contributed by atoms with van der Waals surface area (Å²) in [7, 11) is 3.66. The summed E-state index contributed by atoms with van der Waals surface area (Å²) in [5.74, 6) is 6.52. The minimum Gasteiger partial charge on any atom is -0.397 e. The van der Waals surface area contributed by atoms with Crippen molar-refractivity contribution in [3.05, 3.63) is 40.0 Å². The number of hydrogen-bond acceptors (Lipinski definition) is 9. The van der Waals surface area contributed by atoms with Crippen molar-refractivity contribution in [2.24, 2.45) is 15.8 Å². The second-order valence-electron chi connectivity index (χ2n) is 4.25. The lowest BCUT2D eigenvalue weighted by atomic mass is 10.4. The van der Waals surface area contributed by atoms with E-state index in [4.69, 9.17) is 10.3 Å². The Labute approximate surface area is 124 Å². The first-order valence-electron chi connectivity index (χ1n) is 5.81. The van der Waals surface area contributed by atoms with E-state index in [0.717, 1.165) is 0 Å². The van der Waals surface area contributed by atoms with Gasteiger partial charge in [-0.05, 0) is 12.3 Å². The Morgan fingerprint density at radius 3 is 2.71 bits per heavy atom. The molecule has 2 heterocycles. The fraction of sp³-hybridized carbons (Fsp3) is 0.273. The molecule has 21 heavy (non-hydrogen) atoms. The molecule has 1 aromatic heterocycles. The fourth-order valence-electron chi connectivity index (χ4n) is 1.56. The predicted molar refractivity (Wildman–Crippen MR) is 80.6 cm³/mol. The molecule has 112 valence electrons. The van der Waals surface area contributed by atoms with Gasteiger partial charge >= 0.3 is 5.88 Å². The van der Waals surface area contributed by atoms with Gasteiger partial charge < -0.3 is 9.32 Å². The number of nitro groups is 1. The van der Waals surface area contributed by atoms with Crippen molar-refractivity contribution >= 4 is 28.6 Å². The summed E-state index contributed by atoms with van der Waals surface area (Å²) in [6, 6.07) is 2.71. The van der Waals surface area contributed by atoms with E-state index in [1.807, 2.05) is 20.4 Å². The van der Waals surface area contributed by atoms with Crippen LogP contribution in [0.25, 0.3) is 0 Å². The molecule has 9 nitrogen and oxygen atoms in total. The van der Waals surface area contributed by atoms with E-state index in [-0.39, 0.29) is 17.5 Å². The average molecular weight is 310 g/mol. The minimum absolute atomic E-state index is 0.204. The third kappa shape index (κ3) is 3.23. The highest BCUT2D eigenvalue weighted by molar-refractivity contribution is 8.13. The van der Waals surface area contributed by atoms with Gasteiger partial charge in [-0.1, -0.05) is 11.8 Å². The summed E-state index contributed by atoms with van der Waals surface area (Å²) >= 11 is 1.34. The molecule has 0 aliphatic carbocycles. The lowest BCUT2D eigenvalue weighted by Crippen LogP contribution is -2.40. The van der Waals surface area contributed by atoms with Gasteiger partial charge in [-0.25, -0.2) is 15.8 Å². The van der Waals surface area contributed by atoms with Gasteiger partial charge in [-0.15, -0.1) is 0 Å². The molecular formula is C11H14N6O3S. The summed E-state index contributed by atoms with van der Waals surface area (Å²) < 4.78 is 5.14. The molecule has 0 amide bonds. The fourth-order valence-corrected chi connectivity index (χ4v) is 1.93. The molecule has 2 N–H and O–H groups in total. The highest BCUT2D eigenvalue weighted by atomic mass is 32.2. The Morgan fingerprint density at radius 1 is 1.48 bits per heavy atom. The maximum absolute atomic E-state index is 10.7. The number of furan rings is 1. The van der Waals surface area contributed by atoms with Gasteiger partial charge in [0, 0.05) is 20.3 Å². The molecule has 0 aromatic carbocycles. The van der Waals surface area contributed by atoms with Gasteiger partial charge in [0.1, 0.15) is 4.92 Å². The number of amidine groups is 2. The summed E-state index contributed by atoms with van der Waals surface area (Å²) in [6.45, 7) is 0. The van der Waals surface area contributed by atoms with Crippen molar-refractivity contribution in [1.82, 2.24) is 9.91 Å². The molecule has 1 aliphatic heterocycles. The SMILES string of the molecule is CSC1=NC(=CN(C)C)N(N)C(c2ccc([N+](=O)[O-])o2)=N1. The summed E-state index contributed by atoms with van der Waals surface area (Å²) in [5.41, 5.74) is 0. The third-order valence-corrected chi connectivity index (χ3v) is 2.98. The van der Waals surface area contributed by atoms with Gasteiger partial charge in [0.2, 0.25) is 0 Å². The van der Waals surface area contributed by atoms with Crippen LogP contribution in [-0.2, 0) is 0 Å². The van der Waals surface area contributed by atoms with E-state index in [1.165, 1.54) is 28.9 Å². The average Bonchev–Trinajstić information content (AvgIpc) is 2.90. The van der Waals surface area contributed by atoms with Crippen LogP contribution < -0.4 is 5.84 Å². The smallest absolute Gasteiger partial charge is 0.397 e. The van der Waals surface area contributed by atoms with E-state index in [0.29, 0.717) is 11.0 Å². The van der Waals surface area contributed by atoms with Gasteiger partial charge in [0.15, 0.2) is 22.6 Å². The third-order valence-electron chi connectivity index (χ3n) is 2.44. The van der Waals surface area contributed by atoms with Crippen LogP contribution in [0.3, 0.4) is 0 Å². The van der Waals surface area contributed by atoms with E-state index in [2.05, 4.69) is 9.98 Å². The Bertz CT molecular complexity index is 648. The van der Waals surface area contributed by atoms with Crippen LogP contribution in [0.1, 0.15) is 5.76 Å². The number of hydrazine groups is 1. The normalized spacial score (nSPS) is 16.8. The summed E-state index contributed by atoms with van der Waals surface area (Å²) in [6.07, 6.45) is 3.53. The van der Waals surface area contributed by atoms with E-state index >= 15 is 0 Å². The van der Waals surface area contributed by atoms with Crippen LogP contribution in [-0.4, -0.2) is 46.2 Å². The van der Waals surface area contributed by atoms with Crippen LogP contribution in [0.5, 0.6) is 0 Å². The van der Waals surface area contributed by atoms with E-state index in [9.17, 15) is 10.1 Å². The molecule has 0 atom stereocenters. The first-order chi connectivity index (χ1) is 9.92. The first kappa shape index (κ1) is 15.1. The number of rotatable bonds is 3. The van der Waals surface area contributed by atoms with E-state index < -0.39 is 4.92 Å². The highest BCUT2D eigenvalue weighted by Gasteiger charge is 2.25. The van der Waals surface area contributed by atoms with Crippen molar-refractivity contribution in [3.8, 4) is 0 Å². The molecule has 0 saturated carbocycles. The molecule has 1 aliphatic rings. The molecule has 10 heteroatoms. The summed E-state index contributed by atoms with van der Waals surface area (Å²) in [4.78, 5) is 20.4. The number of nitrogens with zero attached hydrogens (tertiary/aromatic N) is 5. The molecule has 0 unspecified atom stereocenters. The predicted octanol–water partition coefficient (Wildman–Crippen LogP) is 1.20. The maximum Gasteiger partial charge on any atom is 0.433 e. The van der Waals surface area contributed by atoms with Gasteiger partial charge in [0.05, 0.1) is 6.07 Å². The van der Waals surface area contributed by atoms with Crippen LogP contribution in [0.2, 0.25) is 0 Å². The minimum atomic E-state index is -0.617. The Hall–Kier alpha value is -2.33. The first-order valence-corrected chi connectivity index (χ1v) is 7.04. The Kier molecular flexibility index (Phi) is 4.29. The van der Waals surface area contributed by atoms with Crippen molar-refractivity contribution in [2.75, 3.05) is 20.4 Å². The molecular weight excluding hydrogens is 296 g/mol. The molecule has 1 aromatic rings. The monoisotopic (exact) mass is 310 g/mol. The van der Waals surface area contributed by atoms with Crippen molar-refractivity contribution < 1.29 is 9.34 Å². The lowest BCUT2D eigenvalue weighted by Gasteiger charge is -2.24. The number of aliphatic imine (C=N–C) groups is 2. The van der Waals surface area contributed by atoms with Gasteiger partial charge in [-0.2, -0.15) is 4.99 Å². The largest absolute Gasteiger partial charge is 0.433 e. The number of nitrogens with two attached hydrogens (primary N) is 1. The standard InChI is InChI=1S/C11H14N6O3S/c1-15(2)6-8-13-11(21-3)14-10(16(8)12)7-4-5-9(20-7)17(18)19/h4-6H,12H2,1-3H3. The molecule has 0 fully saturated rings. The van der Waals surface area contributed by atoms with Crippen LogP contribution in [0.4, 0.5) is 5.88 Å². The molecule has 0 radical (unpaired) electrons. The number of thioether (sulfide) groups is 1. The zero-order valence-corrected chi connectivity index (χ0v) is 12.5. The summed E-state index contributed by atoms with van der Waals surface area (Å²) in [5, 5.41) is 12.4. The van der Waals surface area contributed by atoms with E-state index in [1.54, 1.807) is 11.1 Å². The highest BCUT2D eigenvalue weighted by Crippen LogP contribution is 2.22. The van der Waals surface area contributed by atoms with Crippen LogP contribution >= 0.6 is 11.8 Å². The van der Waals surface area contributed by atoms with Crippen LogP contribution in [0.15, 0.2) is 38.6 Å². The van der Waals surface area contributed by atoms with Crippen molar-refractivity contribution in [2.45, 2.75) is 0 Å². The number of hydrogen-bond donors (Lipinski definition) is 1.